The number of phenolic OH excluding ortho intramolecular Hbond substituents is 2. The molecular formula is C17H14O5. The average molecular weight is 298 g/mol. The van der Waals surface area contributed by atoms with E-state index in [0.717, 1.165) is 11.3 Å². The Kier molecular flexibility index (Phi) is 3.47. The van der Waals surface area contributed by atoms with Gasteiger partial charge in [-0.15, -0.1) is 0 Å². The number of ether oxygens (including phenoxy) is 1. The van der Waals surface area contributed by atoms with E-state index in [4.69, 9.17) is 9.15 Å². The maximum atomic E-state index is 12.4. The summed E-state index contributed by atoms with van der Waals surface area (Å²) in [5.41, 5.74) is 1.18. The Morgan fingerprint density at radius 3 is 2.50 bits per heavy atom. The van der Waals surface area contributed by atoms with Crippen molar-refractivity contribution in [2.75, 3.05) is 7.11 Å². The van der Waals surface area contributed by atoms with Gasteiger partial charge < -0.3 is 19.4 Å². The number of hydrogen-bond donors (Lipinski definition) is 2. The summed E-state index contributed by atoms with van der Waals surface area (Å²) in [4.78, 5) is 12.4. The van der Waals surface area contributed by atoms with Gasteiger partial charge in [-0.05, 0) is 29.8 Å². The fourth-order valence-corrected chi connectivity index (χ4v) is 2.30. The molecule has 22 heavy (non-hydrogen) atoms. The van der Waals surface area contributed by atoms with Crippen LogP contribution in [0.5, 0.6) is 17.2 Å². The van der Waals surface area contributed by atoms with Crippen molar-refractivity contribution in [2.45, 2.75) is 6.42 Å². The van der Waals surface area contributed by atoms with Gasteiger partial charge in [-0.3, -0.25) is 4.79 Å². The lowest BCUT2D eigenvalue weighted by Gasteiger charge is -2.06. The lowest BCUT2D eigenvalue weighted by molar-refractivity contribution is 0.399. The largest absolute Gasteiger partial charge is 0.504 e. The van der Waals surface area contributed by atoms with Crippen molar-refractivity contribution in [3.05, 3.63) is 64.0 Å². The molecule has 3 rings (SSSR count). The summed E-state index contributed by atoms with van der Waals surface area (Å²) in [7, 11) is 1.59. The summed E-state index contributed by atoms with van der Waals surface area (Å²) >= 11 is 0. The molecule has 0 radical (unpaired) electrons. The third-order valence-corrected chi connectivity index (χ3v) is 3.52. The minimum Gasteiger partial charge on any atom is -0.504 e. The highest BCUT2D eigenvalue weighted by molar-refractivity contribution is 5.85. The van der Waals surface area contributed by atoms with Crippen LogP contribution in [0.3, 0.4) is 0 Å². The normalized spacial score (nSPS) is 10.8. The molecule has 5 nitrogen and oxygen atoms in total. The van der Waals surface area contributed by atoms with Crippen LogP contribution in [0, 0.1) is 0 Å². The van der Waals surface area contributed by atoms with Crippen molar-refractivity contribution < 1.29 is 19.4 Å². The van der Waals surface area contributed by atoms with Crippen LogP contribution in [0.2, 0.25) is 0 Å². The Morgan fingerprint density at radius 1 is 1.09 bits per heavy atom. The van der Waals surface area contributed by atoms with Crippen LogP contribution < -0.4 is 10.2 Å². The second-order valence-corrected chi connectivity index (χ2v) is 4.92. The Labute approximate surface area is 126 Å². The van der Waals surface area contributed by atoms with Gasteiger partial charge >= 0.3 is 0 Å². The number of phenols is 2. The maximum absolute atomic E-state index is 12.4. The summed E-state index contributed by atoms with van der Waals surface area (Å²) in [5.74, 6) is -0.00107. The van der Waals surface area contributed by atoms with Crippen molar-refractivity contribution in [3.63, 3.8) is 0 Å². The molecular weight excluding hydrogens is 284 g/mol. The number of methoxy groups -OCH3 is 1. The van der Waals surface area contributed by atoms with Gasteiger partial charge in [0.25, 0.3) is 0 Å². The first kappa shape index (κ1) is 14.0. The first-order valence-corrected chi connectivity index (χ1v) is 6.68. The smallest absolute Gasteiger partial charge is 0.201 e. The molecule has 0 atom stereocenters. The van der Waals surface area contributed by atoms with E-state index >= 15 is 0 Å². The van der Waals surface area contributed by atoms with E-state index in [-0.39, 0.29) is 22.1 Å². The molecule has 2 aromatic carbocycles. The molecule has 5 heteroatoms. The molecule has 0 saturated carbocycles. The molecule has 112 valence electrons. The Balaban J connectivity index is 2.02. The van der Waals surface area contributed by atoms with Crippen LogP contribution >= 0.6 is 0 Å². The van der Waals surface area contributed by atoms with Gasteiger partial charge in [-0.25, -0.2) is 0 Å². The Morgan fingerprint density at radius 2 is 1.82 bits per heavy atom. The zero-order valence-corrected chi connectivity index (χ0v) is 11.9. The molecule has 0 amide bonds. The van der Waals surface area contributed by atoms with E-state index in [1.807, 2.05) is 24.3 Å². The van der Waals surface area contributed by atoms with E-state index < -0.39 is 5.75 Å². The third kappa shape index (κ3) is 2.37. The van der Waals surface area contributed by atoms with Crippen molar-refractivity contribution in [1.29, 1.82) is 0 Å². The van der Waals surface area contributed by atoms with Crippen LogP contribution in [-0.4, -0.2) is 17.3 Å². The van der Waals surface area contributed by atoms with Gasteiger partial charge in [-0.2, -0.15) is 0 Å². The predicted molar refractivity (Wildman–Crippen MR) is 81.6 cm³/mol. The first-order chi connectivity index (χ1) is 10.6. The van der Waals surface area contributed by atoms with Crippen molar-refractivity contribution in [1.82, 2.24) is 0 Å². The fourth-order valence-electron chi connectivity index (χ4n) is 2.30. The number of rotatable bonds is 3. The number of fused-ring (bicyclic) bond motifs is 1. The van der Waals surface area contributed by atoms with Crippen LogP contribution in [-0.2, 0) is 6.42 Å². The van der Waals surface area contributed by atoms with Gasteiger partial charge in [0, 0.05) is 12.0 Å². The number of aromatic hydroxyl groups is 2. The predicted octanol–water partition coefficient (Wildman–Crippen LogP) is 2.80. The molecule has 0 fully saturated rings. The second kappa shape index (κ2) is 5.44. The van der Waals surface area contributed by atoms with Gasteiger partial charge in [0.15, 0.2) is 16.8 Å². The molecule has 1 aromatic heterocycles. The summed E-state index contributed by atoms with van der Waals surface area (Å²) in [6.45, 7) is 0. The molecule has 3 aromatic rings. The molecule has 0 bridgehead atoms. The third-order valence-electron chi connectivity index (χ3n) is 3.52. The summed E-state index contributed by atoms with van der Waals surface area (Å²) < 4.78 is 10.4. The van der Waals surface area contributed by atoms with Crippen molar-refractivity contribution in [2.24, 2.45) is 0 Å². The Hall–Kier alpha value is -2.95. The second-order valence-electron chi connectivity index (χ2n) is 4.92. The van der Waals surface area contributed by atoms with E-state index in [1.165, 1.54) is 18.4 Å². The molecule has 0 saturated heterocycles. The van der Waals surface area contributed by atoms with Gasteiger partial charge in [0.2, 0.25) is 5.75 Å². The van der Waals surface area contributed by atoms with E-state index in [9.17, 15) is 15.0 Å². The minimum absolute atomic E-state index is 0.0107. The van der Waals surface area contributed by atoms with Crippen LogP contribution in [0.15, 0.2) is 51.9 Å². The monoisotopic (exact) mass is 298 g/mol. The SMILES string of the molecule is COc1ccc(Cc2coc3c(O)c(O)ccc3c2=O)cc1. The highest BCUT2D eigenvalue weighted by Gasteiger charge is 2.13. The average Bonchev–Trinajstić information content (AvgIpc) is 2.54. The molecule has 2 N–H and O–H groups in total. The summed E-state index contributed by atoms with van der Waals surface area (Å²) in [6.07, 6.45) is 1.72. The zero-order chi connectivity index (χ0) is 15.7. The lowest BCUT2D eigenvalue weighted by Crippen LogP contribution is -2.09. The molecule has 0 unspecified atom stereocenters. The van der Waals surface area contributed by atoms with Crippen molar-refractivity contribution in [3.8, 4) is 17.2 Å². The molecule has 0 spiro atoms. The van der Waals surface area contributed by atoms with Crippen LogP contribution in [0.1, 0.15) is 11.1 Å². The van der Waals surface area contributed by atoms with Gasteiger partial charge in [0.1, 0.15) is 5.75 Å². The molecule has 0 aliphatic heterocycles. The quantitative estimate of drug-likeness (QED) is 0.727. The zero-order valence-electron chi connectivity index (χ0n) is 11.9. The van der Waals surface area contributed by atoms with E-state index in [1.54, 1.807) is 7.11 Å². The number of benzene rings is 2. The highest BCUT2D eigenvalue weighted by Crippen LogP contribution is 2.32. The standard InChI is InChI=1S/C17H14O5/c1-21-12-4-2-10(3-5-12)8-11-9-22-17-13(15(11)19)6-7-14(18)16(17)20/h2-7,9,18,20H,8H2,1H3. The summed E-state index contributed by atoms with van der Waals surface area (Å²) in [6, 6.07) is 10.1. The van der Waals surface area contributed by atoms with E-state index in [0.29, 0.717) is 12.0 Å². The maximum Gasteiger partial charge on any atom is 0.201 e. The van der Waals surface area contributed by atoms with Crippen molar-refractivity contribution >= 4 is 11.0 Å². The van der Waals surface area contributed by atoms with Gasteiger partial charge in [0.05, 0.1) is 18.8 Å². The first-order valence-electron chi connectivity index (χ1n) is 6.68. The summed E-state index contributed by atoms with van der Waals surface area (Å²) in [5, 5.41) is 19.4. The Bertz CT molecular complexity index is 878. The highest BCUT2D eigenvalue weighted by atomic mass is 16.5. The van der Waals surface area contributed by atoms with Crippen LogP contribution in [0.4, 0.5) is 0 Å². The molecule has 0 aliphatic rings. The van der Waals surface area contributed by atoms with E-state index in [2.05, 4.69) is 0 Å². The number of hydrogen-bond acceptors (Lipinski definition) is 5. The minimum atomic E-state index is -0.425. The van der Waals surface area contributed by atoms with Crippen LogP contribution in [0.25, 0.3) is 11.0 Å². The molecule has 1 heterocycles. The topological polar surface area (TPSA) is 79.9 Å². The molecule has 0 aliphatic carbocycles. The van der Waals surface area contributed by atoms with Gasteiger partial charge in [-0.1, -0.05) is 12.1 Å². The fraction of sp³-hybridized carbons (Fsp3) is 0.118. The lowest BCUT2D eigenvalue weighted by atomic mass is 10.0.